The molecule has 0 radical (unpaired) electrons. The Balaban J connectivity index is 1.48. The van der Waals surface area contributed by atoms with Crippen LogP contribution in [0.4, 0.5) is 0 Å². The molecule has 1 aromatic heterocycles. The largest absolute Gasteiger partial charge is 0.459 e. The molecular weight excluding hydrogens is 320 g/mol. The van der Waals surface area contributed by atoms with Crippen LogP contribution in [0.2, 0.25) is 0 Å². The summed E-state index contributed by atoms with van der Waals surface area (Å²) >= 11 is 1.81. The average Bonchev–Trinajstić information content (AvgIpc) is 3.08. The lowest BCUT2D eigenvalue weighted by atomic mass is 9.76. The molecule has 2 heterocycles. The van der Waals surface area contributed by atoms with E-state index < -0.39 is 5.41 Å². The Bertz CT molecular complexity index is 806. The van der Waals surface area contributed by atoms with E-state index in [0.29, 0.717) is 0 Å². The van der Waals surface area contributed by atoms with Crippen molar-refractivity contribution in [1.29, 1.82) is 0 Å². The number of carbonyl (C=O) groups excluding carboxylic acids is 1. The van der Waals surface area contributed by atoms with E-state index in [9.17, 15) is 4.79 Å². The molecule has 1 fully saturated rings. The number of methoxy groups -OCH3 is 1. The van der Waals surface area contributed by atoms with E-state index in [2.05, 4.69) is 35.7 Å². The molecule has 4 heteroatoms. The van der Waals surface area contributed by atoms with Gasteiger partial charge in [-0.3, -0.25) is 4.79 Å². The third-order valence-corrected chi connectivity index (χ3v) is 6.30. The molecule has 4 rings (SSSR count). The van der Waals surface area contributed by atoms with E-state index in [1.807, 2.05) is 18.3 Å². The minimum Gasteiger partial charge on any atom is -0.459 e. The summed E-state index contributed by atoms with van der Waals surface area (Å²) in [5, 5.41) is 3.64. The molecule has 126 valence electrons. The predicted molar refractivity (Wildman–Crippen MR) is 96.2 cm³/mol. The van der Waals surface area contributed by atoms with Crippen LogP contribution in [0.15, 0.2) is 41.3 Å². The summed E-state index contributed by atoms with van der Waals surface area (Å²) in [5.41, 5.74) is 2.19. The molecule has 1 aliphatic heterocycles. The molecule has 1 aromatic carbocycles. The lowest BCUT2D eigenvalue weighted by molar-refractivity contribution is -0.148. The molecule has 0 saturated carbocycles. The molecular formula is C20H22O3S. The van der Waals surface area contributed by atoms with Crippen molar-refractivity contribution in [1.82, 2.24) is 0 Å². The summed E-state index contributed by atoms with van der Waals surface area (Å²) in [6.07, 6.45) is 5.71. The Labute approximate surface area is 146 Å². The minimum atomic E-state index is -0.454. The van der Waals surface area contributed by atoms with E-state index >= 15 is 0 Å². The van der Waals surface area contributed by atoms with Gasteiger partial charge in [0.1, 0.15) is 12.2 Å². The maximum Gasteiger partial charge on any atom is 0.316 e. The first kappa shape index (κ1) is 15.9. The summed E-state index contributed by atoms with van der Waals surface area (Å²) in [6, 6.07) is 8.57. The maximum absolute atomic E-state index is 12.1. The van der Waals surface area contributed by atoms with E-state index in [-0.39, 0.29) is 18.2 Å². The zero-order chi connectivity index (χ0) is 16.7. The van der Waals surface area contributed by atoms with Crippen molar-refractivity contribution in [2.75, 3.05) is 7.11 Å². The van der Waals surface area contributed by atoms with Crippen molar-refractivity contribution in [3.63, 3.8) is 0 Å². The molecule has 1 saturated heterocycles. The molecule has 24 heavy (non-hydrogen) atoms. The first-order valence-electron chi connectivity index (χ1n) is 8.51. The average molecular weight is 342 g/mol. The highest BCUT2D eigenvalue weighted by atomic mass is 32.1. The van der Waals surface area contributed by atoms with Gasteiger partial charge < -0.3 is 9.47 Å². The number of benzene rings is 1. The number of carbonyl (C=O) groups is 1. The van der Waals surface area contributed by atoms with Gasteiger partial charge in [-0.05, 0) is 54.2 Å². The molecule has 3 unspecified atom stereocenters. The van der Waals surface area contributed by atoms with Gasteiger partial charge in [-0.2, -0.15) is 0 Å². The number of rotatable bonds is 5. The number of esters is 1. The minimum absolute atomic E-state index is 0.0799. The molecule has 1 aliphatic carbocycles. The second-order valence-corrected chi connectivity index (χ2v) is 7.96. The topological polar surface area (TPSA) is 35.5 Å². The zero-order valence-electron chi connectivity index (χ0n) is 14.1. The molecule has 3 nitrogen and oxygen atoms in total. The van der Waals surface area contributed by atoms with Crippen LogP contribution < -0.4 is 0 Å². The van der Waals surface area contributed by atoms with Crippen LogP contribution in [0.3, 0.4) is 0 Å². The smallest absolute Gasteiger partial charge is 0.316 e. The zero-order valence-corrected chi connectivity index (χ0v) is 14.9. The molecule has 0 spiro atoms. The van der Waals surface area contributed by atoms with E-state index in [1.54, 1.807) is 7.11 Å². The van der Waals surface area contributed by atoms with Gasteiger partial charge in [0.05, 0.1) is 5.41 Å². The van der Waals surface area contributed by atoms with Gasteiger partial charge >= 0.3 is 5.97 Å². The fourth-order valence-electron chi connectivity index (χ4n) is 4.06. The summed E-state index contributed by atoms with van der Waals surface area (Å²) in [6.45, 7) is 1.98. The van der Waals surface area contributed by atoms with Crippen LogP contribution >= 0.6 is 11.3 Å². The summed E-state index contributed by atoms with van der Waals surface area (Å²) in [4.78, 5) is 12.1. The first-order chi connectivity index (χ1) is 11.6. The van der Waals surface area contributed by atoms with Crippen LogP contribution in [0.25, 0.3) is 10.1 Å². The summed E-state index contributed by atoms with van der Waals surface area (Å²) < 4.78 is 12.5. The Morgan fingerprint density at radius 3 is 3.00 bits per heavy atom. The standard InChI is InChI=1S/C20H22O3S/c1-20-10-13(18(22-2)16(11-20)23-19(20)21)6-5-7-14-12-24-17-9-4-3-8-15(14)17/h3-4,8-10,12,16,18H,5-7,11H2,1-2H3. The van der Waals surface area contributed by atoms with E-state index in [0.717, 1.165) is 25.7 Å². The van der Waals surface area contributed by atoms with E-state index in [4.69, 9.17) is 9.47 Å². The number of ether oxygens (including phenoxy) is 2. The second kappa shape index (κ2) is 6.01. The van der Waals surface area contributed by atoms with Crippen molar-refractivity contribution in [2.24, 2.45) is 5.41 Å². The van der Waals surface area contributed by atoms with Crippen molar-refractivity contribution in [3.05, 3.63) is 46.9 Å². The fourth-order valence-corrected chi connectivity index (χ4v) is 5.06. The number of thiophene rings is 1. The normalized spacial score (nSPS) is 28.9. The SMILES string of the molecule is COC1C(CCCc2csc3ccccc23)=CC2(C)CC1OC2=O. The molecule has 0 N–H and O–H groups in total. The van der Waals surface area contributed by atoms with Crippen LogP contribution in [-0.4, -0.2) is 25.3 Å². The van der Waals surface area contributed by atoms with Crippen LogP contribution in [0.5, 0.6) is 0 Å². The first-order valence-corrected chi connectivity index (χ1v) is 9.39. The lowest BCUT2D eigenvalue weighted by Crippen LogP contribution is -2.34. The van der Waals surface area contributed by atoms with Gasteiger partial charge in [-0.25, -0.2) is 0 Å². The van der Waals surface area contributed by atoms with Crippen molar-refractivity contribution in [3.8, 4) is 0 Å². The van der Waals surface area contributed by atoms with E-state index in [1.165, 1.54) is 21.2 Å². The van der Waals surface area contributed by atoms with Gasteiger partial charge in [-0.15, -0.1) is 11.3 Å². The van der Waals surface area contributed by atoms with Gasteiger partial charge in [0.25, 0.3) is 0 Å². The van der Waals surface area contributed by atoms with Crippen molar-refractivity contribution in [2.45, 2.75) is 44.8 Å². The predicted octanol–water partition coefficient (Wildman–Crippen LogP) is 4.50. The van der Waals surface area contributed by atoms with Crippen molar-refractivity contribution >= 4 is 27.4 Å². The Morgan fingerprint density at radius 2 is 2.17 bits per heavy atom. The Kier molecular flexibility index (Phi) is 3.97. The second-order valence-electron chi connectivity index (χ2n) is 7.05. The number of hydrogen-bond acceptors (Lipinski definition) is 4. The van der Waals surface area contributed by atoms with Gasteiger partial charge in [-0.1, -0.05) is 24.3 Å². The fraction of sp³-hybridized carbons (Fsp3) is 0.450. The molecule has 2 bridgehead atoms. The van der Waals surface area contributed by atoms with Gasteiger partial charge in [0.2, 0.25) is 0 Å². The highest BCUT2D eigenvalue weighted by molar-refractivity contribution is 7.17. The Hall–Kier alpha value is -1.65. The van der Waals surface area contributed by atoms with Gasteiger partial charge in [0.15, 0.2) is 0 Å². The maximum atomic E-state index is 12.1. The third kappa shape index (κ3) is 2.58. The lowest BCUT2D eigenvalue weighted by Gasteiger charge is -2.29. The van der Waals surface area contributed by atoms with Gasteiger partial charge in [0, 0.05) is 18.2 Å². The summed E-state index contributed by atoms with van der Waals surface area (Å²) in [7, 11) is 1.71. The number of hydrogen-bond donors (Lipinski definition) is 0. The number of fused-ring (bicyclic) bond motifs is 3. The highest BCUT2D eigenvalue weighted by Gasteiger charge is 2.51. The van der Waals surface area contributed by atoms with Crippen LogP contribution in [0, 0.1) is 5.41 Å². The molecule has 2 aromatic rings. The van der Waals surface area contributed by atoms with Crippen LogP contribution in [0.1, 0.15) is 31.7 Å². The Morgan fingerprint density at radius 1 is 1.33 bits per heavy atom. The quantitative estimate of drug-likeness (QED) is 0.593. The summed E-state index contributed by atoms with van der Waals surface area (Å²) in [5.74, 6) is -0.103. The van der Waals surface area contributed by atoms with Crippen LogP contribution in [-0.2, 0) is 20.7 Å². The van der Waals surface area contributed by atoms with Crippen molar-refractivity contribution < 1.29 is 14.3 Å². The number of aryl methyl sites for hydroxylation is 1. The molecule has 3 atom stereocenters. The molecule has 0 amide bonds. The molecule has 2 aliphatic rings. The monoisotopic (exact) mass is 342 g/mol. The third-order valence-electron chi connectivity index (χ3n) is 5.28. The highest BCUT2D eigenvalue weighted by Crippen LogP contribution is 2.44.